The molecule has 2 heteroatoms. The van der Waals surface area contributed by atoms with E-state index in [4.69, 9.17) is 0 Å². The second-order valence-electron chi connectivity index (χ2n) is 6.09. The Morgan fingerprint density at radius 1 is 1.15 bits per heavy atom. The van der Waals surface area contributed by atoms with Gasteiger partial charge in [-0.1, -0.05) is 59.1 Å². The number of methoxy groups -OCH3 is 1. The van der Waals surface area contributed by atoms with Crippen molar-refractivity contribution in [3.05, 3.63) is 23.8 Å². The molecule has 0 amide bonds. The Labute approximate surface area is 125 Å². The van der Waals surface area contributed by atoms with Gasteiger partial charge in [-0.3, -0.25) is 0 Å². The first kappa shape index (κ1) is 18.9. The predicted octanol–water partition coefficient (Wildman–Crippen LogP) is 5.15. The summed E-state index contributed by atoms with van der Waals surface area (Å²) in [7, 11) is 1.40. The zero-order valence-electron chi connectivity index (χ0n) is 14.1. The van der Waals surface area contributed by atoms with Crippen molar-refractivity contribution in [2.24, 2.45) is 17.8 Å². The Balaban J connectivity index is 4.01. The number of hydrogen-bond donors (Lipinski definition) is 0. The van der Waals surface area contributed by atoms with Crippen LogP contribution < -0.4 is 0 Å². The molecule has 0 aromatic carbocycles. The summed E-state index contributed by atoms with van der Waals surface area (Å²) >= 11 is 0. The molecule has 0 saturated carbocycles. The molecule has 0 bridgehead atoms. The Bertz CT molecular complexity index is 328. The largest absolute Gasteiger partial charge is 0.466 e. The van der Waals surface area contributed by atoms with Crippen LogP contribution >= 0.6 is 0 Å². The van der Waals surface area contributed by atoms with Gasteiger partial charge >= 0.3 is 5.97 Å². The fourth-order valence-corrected chi connectivity index (χ4v) is 2.13. The number of rotatable bonds is 9. The summed E-state index contributed by atoms with van der Waals surface area (Å²) in [6.07, 6.45) is 10.6. The Morgan fingerprint density at radius 2 is 1.80 bits per heavy atom. The number of carbonyl (C=O) groups excluding carboxylic acids is 1. The van der Waals surface area contributed by atoms with Crippen LogP contribution in [0.1, 0.15) is 60.3 Å². The van der Waals surface area contributed by atoms with Crippen LogP contribution in [-0.2, 0) is 9.53 Å². The first-order valence-corrected chi connectivity index (χ1v) is 7.83. The molecule has 0 saturated heterocycles. The van der Waals surface area contributed by atoms with Crippen LogP contribution in [0.3, 0.4) is 0 Å². The molecule has 0 aromatic rings. The molecule has 0 rings (SSSR count). The van der Waals surface area contributed by atoms with Gasteiger partial charge in [-0.2, -0.15) is 0 Å². The van der Waals surface area contributed by atoms with Gasteiger partial charge in [0.2, 0.25) is 0 Å². The number of carbonyl (C=O) groups is 1. The van der Waals surface area contributed by atoms with Crippen LogP contribution in [0.15, 0.2) is 23.8 Å². The number of allylic oxidation sites excluding steroid dienone is 3. The Hall–Kier alpha value is -1.05. The quantitative estimate of drug-likeness (QED) is 0.331. The van der Waals surface area contributed by atoms with E-state index in [1.54, 1.807) is 0 Å². The highest BCUT2D eigenvalue weighted by atomic mass is 16.5. The van der Waals surface area contributed by atoms with Gasteiger partial charge in [0.05, 0.1) is 7.11 Å². The van der Waals surface area contributed by atoms with Gasteiger partial charge in [0.15, 0.2) is 0 Å². The van der Waals surface area contributed by atoms with Crippen molar-refractivity contribution >= 4 is 5.97 Å². The monoisotopic (exact) mass is 280 g/mol. The lowest BCUT2D eigenvalue weighted by atomic mass is 9.86. The van der Waals surface area contributed by atoms with E-state index in [1.807, 2.05) is 13.0 Å². The summed E-state index contributed by atoms with van der Waals surface area (Å²) in [6, 6.07) is 0. The van der Waals surface area contributed by atoms with Gasteiger partial charge in [0.25, 0.3) is 0 Å². The lowest BCUT2D eigenvalue weighted by Crippen LogP contribution is -2.08. The molecule has 116 valence electrons. The maximum atomic E-state index is 11.1. The van der Waals surface area contributed by atoms with Crippen molar-refractivity contribution in [3.8, 4) is 0 Å². The third-order valence-electron chi connectivity index (χ3n) is 4.20. The smallest absolute Gasteiger partial charge is 0.330 e. The highest BCUT2D eigenvalue weighted by Crippen LogP contribution is 2.23. The standard InChI is InChI=1S/C18H32O2/c1-7-16(4)17(5)12-11-14(2)9-8-10-15(3)13-18(19)20-6/h8,10,13-14,16-17H,7,9,11-12H2,1-6H3/b10-8+,15-13+. The van der Waals surface area contributed by atoms with Crippen molar-refractivity contribution in [1.29, 1.82) is 0 Å². The SMILES string of the molecule is CCC(C)C(C)CCC(C)C/C=C/C(C)=C/C(=O)OC. The van der Waals surface area contributed by atoms with Crippen LogP contribution in [-0.4, -0.2) is 13.1 Å². The normalized spacial score (nSPS) is 17.0. The average Bonchev–Trinajstić information content (AvgIpc) is 2.43. The molecule has 0 N–H and O–H groups in total. The minimum atomic E-state index is -0.289. The van der Waals surface area contributed by atoms with E-state index < -0.39 is 0 Å². The Morgan fingerprint density at radius 3 is 2.35 bits per heavy atom. The minimum absolute atomic E-state index is 0.289. The topological polar surface area (TPSA) is 26.3 Å². The first-order chi connectivity index (χ1) is 9.40. The van der Waals surface area contributed by atoms with Crippen molar-refractivity contribution in [3.63, 3.8) is 0 Å². The molecule has 0 aromatic heterocycles. The highest BCUT2D eigenvalue weighted by molar-refractivity contribution is 5.83. The second kappa shape index (κ2) is 10.7. The molecule has 0 aliphatic carbocycles. The van der Waals surface area contributed by atoms with Crippen molar-refractivity contribution < 1.29 is 9.53 Å². The van der Waals surface area contributed by atoms with E-state index in [0.717, 1.165) is 23.8 Å². The fraction of sp³-hybridized carbons (Fsp3) is 0.722. The maximum absolute atomic E-state index is 11.1. The zero-order valence-corrected chi connectivity index (χ0v) is 14.1. The van der Waals surface area contributed by atoms with Crippen LogP contribution in [0.25, 0.3) is 0 Å². The minimum Gasteiger partial charge on any atom is -0.466 e. The molecule has 0 heterocycles. The zero-order chi connectivity index (χ0) is 15.5. The average molecular weight is 280 g/mol. The van der Waals surface area contributed by atoms with Crippen LogP contribution in [0.5, 0.6) is 0 Å². The summed E-state index contributed by atoms with van der Waals surface area (Å²) in [4.78, 5) is 11.1. The molecular formula is C18H32O2. The van der Waals surface area contributed by atoms with E-state index in [-0.39, 0.29) is 5.97 Å². The lowest BCUT2D eigenvalue weighted by Gasteiger charge is -2.19. The van der Waals surface area contributed by atoms with Gasteiger partial charge in [-0.05, 0) is 36.7 Å². The van der Waals surface area contributed by atoms with E-state index in [2.05, 4.69) is 38.5 Å². The molecule has 0 fully saturated rings. The second-order valence-corrected chi connectivity index (χ2v) is 6.09. The third kappa shape index (κ3) is 8.95. The molecule has 3 atom stereocenters. The molecule has 0 aliphatic heterocycles. The Kier molecular flexibility index (Phi) is 10.1. The molecule has 2 nitrogen and oxygen atoms in total. The maximum Gasteiger partial charge on any atom is 0.330 e. The predicted molar refractivity (Wildman–Crippen MR) is 86.5 cm³/mol. The van der Waals surface area contributed by atoms with Gasteiger partial charge in [-0.25, -0.2) is 4.79 Å². The number of esters is 1. The number of hydrogen-bond acceptors (Lipinski definition) is 2. The summed E-state index contributed by atoms with van der Waals surface area (Å²) in [5, 5.41) is 0. The van der Waals surface area contributed by atoms with Gasteiger partial charge < -0.3 is 4.74 Å². The van der Waals surface area contributed by atoms with Crippen LogP contribution in [0, 0.1) is 17.8 Å². The molecule has 0 radical (unpaired) electrons. The summed E-state index contributed by atoms with van der Waals surface area (Å²) in [5.74, 6) is 2.04. The molecule has 3 unspecified atom stereocenters. The van der Waals surface area contributed by atoms with Gasteiger partial charge in [0, 0.05) is 6.08 Å². The molecule has 20 heavy (non-hydrogen) atoms. The van der Waals surface area contributed by atoms with Crippen LogP contribution in [0.4, 0.5) is 0 Å². The summed E-state index contributed by atoms with van der Waals surface area (Å²) < 4.78 is 4.60. The first-order valence-electron chi connectivity index (χ1n) is 7.83. The van der Waals surface area contributed by atoms with Crippen molar-refractivity contribution in [2.75, 3.05) is 7.11 Å². The van der Waals surface area contributed by atoms with Crippen molar-refractivity contribution in [2.45, 2.75) is 60.3 Å². The molecular weight excluding hydrogens is 248 g/mol. The highest BCUT2D eigenvalue weighted by Gasteiger charge is 2.11. The van der Waals surface area contributed by atoms with Gasteiger partial charge in [-0.15, -0.1) is 0 Å². The molecule has 0 spiro atoms. The van der Waals surface area contributed by atoms with Gasteiger partial charge in [0.1, 0.15) is 0 Å². The van der Waals surface area contributed by atoms with E-state index in [1.165, 1.54) is 32.4 Å². The fourth-order valence-electron chi connectivity index (χ4n) is 2.13. The summed E-state index contributed by atoms with van der Waals surface area (Å²) in [5.41, 5.74) is 0.942. The van der Waals surface area contributed by atoms with Crippen LogP contribution in [0.2, 0.25) is 0 Å². The van der Waals surface area contributed by atoms with E-state index >= 15 is 0 Å². The van der Waals surface area contributed by atoms with Crippen molar-refractivity contribution in [1.82, 2.24) is 0 Å². The molecule has 0 aliphatic rings. The third-order valence-corrected chi connectivity index (χ3v) is 4.20. The van der Waals surface area contributed by atoms with E-state index in [9.17, 15) is 4.79 Å². The van der Waals surface area contributed by atoms with E-state index in [0.29, 0.717) is 5.92 Å². The lowest BCUT2D eigenvalue weighted by molar-refractivity contribution is -0.134. The summed E-state index contributed by atoms with van der Waals surface area (Å²) in [6.45, 7) is 11.2. The number of ether oxygens (including phenoxy) is 1.